The lowest BCUT2D eigenvalue weighted by atomic mass is 10.3. The molecule has 56 valence electrons. The van der Waals surface area contributed by atoms with Crippen molar-refractivity contribution < 1.29 is 14.3 Å². The van der Waals surface area contributed by atoms with E-state index in [0.717, 1.165) is 0 Å². The molecule has 0 saturated heterocycles. The summed E-state index contributed by atoms with van der Waals surface area (Å²) in [6.07, 6.45) is -1.06. The van der Waals surface area contributed by atoms with Gasteiger partial charge in [0.15, 0.2) is 0 Å². The molecule has 0 aromatic heterocycles. The van der Waals surface area contributed by atoms with Crippen LogP contribution in [0.4, 0.5) is 0 Å². The van der Waals surface area contributed by atoms with Gasteiger partial charge in [-0.05, 0) is 0 Å². The van der Waals surface area contributed by atoms with E-state index >= 15 is 0 Å². The molecule has 0 amide bonds. The molecule has 0 rings (SSSR count). The minimum atomic E-state index is -0.889. The van der Waals surface area contributed by atoms with Crippen LogP contribution in [-0.4, -0.2) is 26.3 Å². The number of methoxy groups -OCH3 is 2. The van der Waals surface area contributed by atoms with Crippen molar-refractivity contribution in [1.29, 1.82) is 5.26 Å². The zero-order chi connectivity index (χ0) is 7.98. The number of nitriles is 1. The van der Waals surface area contributed by atoms with E-state index in [2.05, 4.69) is 9.47 Å². The lowest BCUT2D eigenvalue weighted by molar-refractivity contribution is -0.155. The number of hydrogen-bond donors (Lipinski definition) is 0. The fourth-order valence-electron chi connectivity index (χ4n) is 0.520. The minimum absolute atomic E-state index is 0.174. The smallest absolute Gasteiger partial charge is 0.218 e. The maximum atomic E-state index is 10.7. The Kier molecular flexibility index (Phi) is 4.46. The van der Waals surface area contributed by atoms with Crippen molar-refractivity contribution in [3.63, 3.8) is 0 Å². The van der Waals surface area contributed by atoms with Crippen molar-refractivity contribution in [2.75, 3.05) is 14.2 Å². The molecule has 10 heavy (non-hydrogen) atoms. The summed E-state index contributed by atoms with van der Waals surface area (Å²) in [5, 5.41) is 8.09. The molecule has 0 aliphatic carbocycles. The maximum Gasteiger partial charge on any atom is 0.218 e. The van der Waals surface area contributed by atoms with Crippen LogP contribution in [-0.2, 0) is 14.3 Å². The Labute approximate surface area is 59.3 Å². The summed E-state index contributed by atoms with van der Waals surface area (Å²) in [7, 11) is 2.70. The Balaban J connectivity index is 3.79. The largest absolute Gasteiger partial charge is 0.349 e. The molecule has 0 N–H and O–H groups in total. The molecular weight excluding hydrogens is 134 g/mol. The second-order valence-electron chi connectivity index (χ2n) is 1.60. The second-order valence-corrected chi connectivity index (χ2v) is 1.60. The molecule has 0 aliphatic rings. The van der Waals surface area contributed by atoms with Crippen molar-refractivity contribution >= 4 is 5.78 Å². The molecule has 0 aliphatic heterocycles. The van der Waals surface area contributed by atoms with Gasteiger partial charge in [0.25, 0.3) is 0 Å². The van der Waals surface area contributed by atoms with Crippen LogP contribution in [0, 0.1) is 11.3 Å². The van der Waals surface area contributed by atoms with Crippen molar-refractivity contribution in [2.24, 2.45) is 0 Å². The number of carbonyl (C=O) groups is 1. The van der Waals surface area contributed by atoms with E-state index in [9.17, 15) is 4.79 Å². The highest BCUT2D eigenvalue weighted by Crippen LogP contribution is 1.95. The first-order valence-corrected chi connectivity index (χ1v) is 2.71. The molecule has 0 spiro atoms. The van der Waals surface area contributed by atoms with Gasteiger partial charge in [-0.3, -0.25) is 4.79 Å². The third kappa shape index (κ3) is 2.58. The molecule has 4 nitrogen and oxygen atoms in total. The number of carbonyl (C=O) groups excluding carboxylic acids is 1. The van der Waals surface area contributed by atoms with Crippen LogP contribution in [0.15, 0.2) is 0 Å². The molecule has 0 heterocycles. The molecule has 0 radical (unpaired) electrons. The summed E-state index contributed by atoms with van der Waals surface area (Å²) in [6.45, 7) is 0. The molecule has 0 atom stereocenters. The van der Waals surface area contributed by atoms with Crippen LogP contribution in [0.2, 0.25) is 0 Å². The van der Waals surface area contributed by atoms with E-state index in [0.29, 0.717) is 0 Å². The number of hydrogen-bond acceptors (Lipinski definition) is 4. The van der Waals surface area contributed by atoms with Crippen LogP contribution < -0.4 is 0 Å². The van der Waals surface area contributed by atoms with Gasteiger partial charge in [0.1, 0.15) is 0 Å². The van der Waals surface area contributed by atoms with E-state index in [1.165, 1.54) is 14.2 Å². The summed E-state index contributed by atoms with van der Waals surface area (Å²) >= 11 is 0. The van der Waals surface area contributed by atoms with Gasteiger partial charge < -0.3 is 9.47 Å². The van der Waals surface area contributed by atoms with Crippen LogP contribution in [0.5, 0.6) is 0 Å². The van der Waals surface area contributed by atoms with Crippen molar-refractivity contribution in [1.82, 2.24) is 0 Å². The van der Waals surface area contributed by atoms with Gasteiger partial charge in [-0.25, -0.2) is 0 Å². The Bertz CT molecular complexity index is 146. The normalized spacial score (nSPS) is 9.40. The lowest BCUT2D eigenvalue weighted by Crippen LogP contribution is -2.24. The zero-order valence-corrected chi connectivity index (χ0v) is 5.96. The average Bonchev–Trinajstić information content (AvgIpc) is 1.91. The minimum Gasteiger partial charge on any atom is -0.349 e. The predicted octanol–water partition coefficient (Wildman–Crippen LogP) is 0.0881. The number of nitrogens with zero attached hydrogens (tertiary/aromatic N) is 1. The summed E-state index contributed by atoms with van der Waals surface area (Å²) in [4.78, 5) is 10.7. The molecule has 4 heteroatoms. The molecule has 0 bridgehead atoms. The fraction of sp³-hybridized carbons (Fsp3) is 0.667. The van der Waals surface area contributed by atoms with Gasteiger partial charge in [-0.15, -0.1) is 0 Å². The van der Waals surface area contributed by atoms with E-state index in [1.807, 2.05) is 0 Å². The molecular formula is C6H9NO3. The summed E-state index contributed by atoms with van der Waals surface area (Å²) in [6, 6.07) is 1.71. The number of rotatable bonds is 4. The van der Waals surface area contributed by atoms with Gasteiger partial charge in [0, 0.05) is 14.2 Å². The zero-order valence-electron chi connectivity index (χ0n) is 5.96. The van der Waals surface area contributed by atoms with Crippen molar-refractivity contribution in [3.8, 4) is 6.07 Å². The Morgan fingerprint density at radius 1 is 1.60 bits per heavy atom. The molecule has 0 saturated carbocycles. The highest BCUT2D eigenvalue weighted by atomic mass is 16.7. The van der Waals surface area contributed by atoms with Gasteiger partial charge in [0.05, 0.1) is 12.5 Å². The number of ketones is 1. The van der Waals surface area contributed by atoms with Gasteiger partial charge in [-0.1, -0.05) is 0 Å². The van der Waals surface area contributed by atoms with E-state index in [1.54, 1.807) is 6.07 Å². The van der Waals surface area contributed by atoms with Crippen LogP contribution in [0.1, 0.15) is 6.42 Å². The Hall–Kier alpha value is -0.920. The standard InChI is InChI=1S/C6H9NO3/c1-9-6(10-2)5(8)3-4-7/h6H,3H2,1-2H3. The van der Waals surface area contributed by atoms with E-state index < -0.39 is 6.29 Å². The van der Waals surface area contributed by atoms with Crippen molar-refractivity contribution in [2.45, 2.75) is 12.7 Å². The molecule has 0 fully saturated rings. The third-order valence-corrected chi connectivity index (χ3v) is 0.944. The van der Waals surface area contributed by atoms with Crippen LogP contribution in [0.25, 0.3) is 0 Å². The molecule has 0 unspecified atom stereocenters. The van der Waals surface area contributed by atoms with Gasteiger partial charge in [0.2, 0.25) is 12.1 Å². The first kappa shape index (κ1) is 9.08. The van der Waals surface area contributed by atoms with Gasteiger partial charge in [-0.2, -0.15) is 5.26 Å². The SMILES string of the molecule is COC(OC)C(=O)CC#N. The monoisotopic (exact) mass is 143 g/mol. The lowest BCUT2D eigenvalue weighted by Gasteiger charge is -2.08. The first-order chi connectivity index (χ1) is 4.76. The average molecular weight is 143 g/mol. The summed E-state index contributed by atoms with van der Waals surface area (Å²) < 4.78 is 9.18. The summed E-state index contributed by atoms with van der Waals surface area (Å²) in [5.41, 5.74) is 0. The fourth-order valence-corrected chi connectivity index (χ4v) is 0.520. The van der Waals surface area contributed by atoms with Gasteiger partial charge >= 0.3 is 0 Å². The van der Waals surface area contributed by atoms with E-state index in [4.69, 9.17) is 5.26 Å². The first-order valence-electron chi connectivity index (χ1n) is 2.71. The topological polar surface area (TPSA) is 59.3 Å². The van der Waals surface area contributed by atoms with Crippen LogP contribution >= 0.6 is 0 Å². The predicted molar refractivity (Wildman–Crippen MR) is 33.0 cm³/mol. The number of ether oxygens (including phenoxy) is 2. The molecule has 0 aromatic carbocycles. The second kappa shape index (κ2) is 4.91. The summed E-state index contributed by atoms with van der Waals surface area (Å²) in [5.74, 6) is -0.354. The van der Waals surface area contributed by atoms with Crippen LogP contribution in [0.3, 0.4) is 0 Å². The Morgan fingerprint density at radius 3 is 2.40 bits per heavy atom. The van der Waals surface area contributed by atoms with Crippen molar-refractivity contribution in [3.05, 3.63) is 0 Å². The third-order valence-electron chi connectivity index (χ3n) is 0.944. The highest BCUT2D eigenvalue weighted by Gasteiger charge is 2.14. The quantitative estimate of drug-likeness (QED) is 0.523. The van der Waals surface area contributed by atoms with E-state index in [-0.39, 0.29) is 12.2 Å². The number of Topliss-reactive ketones (excluding diaryl/α,β-unsaturated/α-hetero) is 1. The maximum absolute atomic E-state index is 10.7. The molecule has 0 aromatic rings. The Morgan fingerprint density at radius 2 is 2.10 bits per heavy atom. The highest BCUT2D eigenvalue weighted by molar-refractivity contribution is 5.83.